The van der Waals surface area contributed by atoms with Crippen molar-refractivity contribution < 1.29 is 33.7 Å². The highest BCUT2D eigenvalue weighted by molar-refractivity contribution is 7.91. The number of nitrogens with one attached hydrogen (secondary N) is 4. The predicted octanol–water partition coefficient (Wildman–Crippen LogP) is 5.49. The third-order valence-electron chi connectivity index (χ3n) is 9.35. The Hall–Kier alpha value is -5.08. The first-order valence-electron chi connectivity index (χ1n) is 18.0. The van der Waals surface area contributed by atoms with E-state index in [1.165, 1.54) is 80.6 Å². The van der Waals surface area contributed by atoms with Gasteiger partial charge in [-0.2, -0.15) is 0 Å². The normalized spacial score (nSPS) is 20.4. The van der Waals surface area contributed by atoms with Crippen LogP contribution in [0.3, 0.4) is 0 Å². The molecule has 0 saturated heterocycles. The Kier molecular flexibility index (Phi) is 15.0. The minimum atomic E-state index is -3.55. The maximum atomic E-state index is 12.1. The number of benzene rings is 4. The van der Waals surface area contributed by atoms with Gasteiger partial charge in [0.15, 0.2) is 0 Å². The van der Waals surface area contributed by atoms with Gasteiger partial charge in [0, 0.05) is 76.5 Å². The second-order valence-electron chi connectivity index (χ2n) is 13.1. The number of fused-ring (bicyclic) bond motifs is 4. The Labute approximate surface area is 391 Å². The van der Waals surface area contributed by atoms with Crippen LogP contribution in [-0.4, -0.2) is 131 Å². The molecule has 0 aromatic heterocycles. The molecule has 8 rings (SSSR count). The van der Waals surface area contributed by atoms with Crippen LogP contribution in [0.25, 0.3) is 0 Å². The molecule has 64 heavy (non-hydrogen) atoms. The van der Waals surface area contributed by atoms with E-state index in [-0.39, 0.29) is 43.4 Å². The maximum Gasteiger partial charge on any atom is 0.268 e. The second kappa shape index (κ2) is 19.2. The molecule has 4 aliphatic heterocycles. The third-order valence-corrected chi connectivity index (χ3v) is 17.4. The van der Waals surface area contributed by atoms with Crippen molar-refractivity contribution in [2.75, 3.05) is 77.6 Å². The van der Waals surface area contributed by atoms with Gasteiger partial charge >= 0.3 is 0 Å². The van der Waals surface area contributed by atoms with Crippen molar-refractivity contribution in [3.8, 4) is 0 Å². The van der Waals surface area contributed by atoms with Gasteiger partial charge in [0.05, 0.1) is 22.7 Å². The van der Waals surface area contributed by atoms with Crippen LogP contribution in [0.1, 0.15) is 0 Å². The highest BCUT2D eigenvalue weighted by Gasteiger charge is 2.35. The van der Waals surface area contributed by atoms with Crippen LogP contribution in [0, 0.1) is 0 Å². The summed E-state index contributed by atoms with van der Waals surface area (Å²) < 4.78 is 101. The molecule has 0 atom stereocenters. The van der Waals surface area contributed by atoms with Crippen molar-refractivity contribution in [1.29, 1.82) is 0 Å². The van der Waals surface area contributed by atoms with E-state index in [1.54, 1.807) is 48.5 Å². The zero-order valence-corrected chi connectivity index (χ0v) is 41.2. The van der Waals surface area contributed by atoms with Crippen molar-refractivity contribution in [3.05, 3.63) is 92.9 Å². The molecule has 0 bridgehead atoms. The van der Waals surface area contributed by atoms with Gasteiger partial charge in [0.2, 0.25) is 23.8 Å². The number of anilines is 4. The van der Waals surface area contributed by atoms with Crippen LogP contribution in [0.5, 0.6) is 0 Å². The first-order valence-corrected chi connectivity index (χ1v) is 25.2. The van der Waals surface area contributed by atoms with Crippen LogP contribution in [0.4, 0.5) is 22.7 Å². The van der Waals surface area contributed by atoms with Crippen LogP contribution < -0.4 is 21.3 Å². The van der Waals surface area contributed by atoms with Gasteiger partial charge in [-0.1, -0.05) is 46.4 Å². The van der Waals surface area contributed by atoms with Gasteiger partial charge in [-0.3, -0.25) is 20.0 Å². The Morgan fingerprint density at radius 3 is 0.688 bits per heavy atom. The molecule has 344 valence electrons. The molecule has 20 nitrogen and oxygen atoms in total. The predicted molar refractivity (Wildman–Crippen MR) is 254 cm³/mol. The molecule has 0 saturated carbocycles. The first-order chi connectivity index (χ1) is 29.9. The molecular weight excluding hydrogens is 999 g/mol. The fourth-order valence-corrected chi connectivity index (χ4v) is 12.1. The number of hydrogen-bond donors (Lipinski definition) is 4. The summed E-state index contributed by atoms with van der Waals surface area (Å²) in [6, 6.07) is 18.7. The highest BCUT2D eigenvalue weighted by atomic mass is 35.5. The summed E-state index contributed by atoms with van der Waals surface area (Å²) in [5, 5.41) is 13.2. The lowest BCUT2D eigenvalue weighted by Gasteiger charge is -2.28. The minimum absolute atomic E-state index is 0.162. The fraction of sp³-hybridized carbons (Fsp3) is 0.222. The topological polar surface area (TPSA) is 247 Å². The summed E-state index contributed by atoms with van der Waals surface area (Å²) in [7, 11) is -2.35. The lowest BCUT2D eigenvalue weighted by Crippen LogP contribution is -2.42. The van der Waals surface area contributed by atoms with Crippen LogP contribution in [-0.2, 0) is 40.1 Å². The molecule has 4 N–H and O–H groups in total. The fourth-order valence-electron chi connectivity index (χ4n) is 5.88. The number of rotatable bonds is 0. The third kappa shape index (κ3) is 9.78. The van der Waals surface area contributed by atoms with E-state index < -0.39 is 40.1 Å². The molecule has 0 unspecified atom stereocenters. The Bertz CT molecular complexity index is 2690. The molecule has 0 amide bonds. The molecule has 4 aromatic rings. The molecule has 0 fully saturated rings. The van der Waals surface area contributed by atoms with Gasteiger partial charge in [0.1, 0.15) is 19.6 Å². The smallest absolute Gasteiger partial charge is 0.268 e. The quantitative estimate of drug-likeness (QED) is 0.171. The number of guanidine groups is 4. The number of sulfonamides is 4. The first kappa shape index (κ1) is 49.9. The molecule has 4 aliphatic rings. The summed E-state index contributed by atoms with van der Waals surface area (Å²) >= 11 is 23.1. The Balaban J connectivity index is 0.000000161. The number of aliphatic imine (C=N–C) groups is 4. The average molecular weight is 1040 g/mol. The van der Waals surface area contributed by atoms with Crippen molar-refractivity contribution in [3.63, 3.8) is 0 Å². The molecular formula is C36H40Cl4N12O8S4. The van der Waals surface area contributed by atoms with E-state index in [2.05, 4.69) is 41.2 Å². The monoisotopic (exact) mass is 1040 g/mol. The zero-order chi connectivity index (χ0) is 47.7. The van der Waals surface area contributed by atoms with Crippen LogP contribution in [0.15, 0.2) is 112 Å². The van der Waals surface area contributed by atoms with Crippen molar-refractivity contribution in [2.24, 2.45) is 20.0 Å². The van der Waals surface area contributed by atoms with Crippen molar-refractivity contribution in [1.82, 2.24) is 17.2 Å². The standard InChI is InChI=1S/4C9H10ClN3O2S/c4*1-11-9-12-7-4-3-6(10)5-8(7)16(14,15)13(9)2/h4*3-5H,1-2H3,(H,11,12). The summed E-state index contributed by atoms with van der Waals surface area (Å²) in [6.07, 6.45) is 0. The Morgan fingerprint density at radius 2 is 0.531 bits per heavy atom. The molecule has 28 heteroatoms. The zero-order valence-electron chi connectivity index (χ0n) is 34.9. The summed E-state index contributed by atoms with van der Waals surface area (Å²) in [5.41, 5.74) is 1.96. The number of nitrogens with zero attached hydrogens (tertiary/aromatic N) is 8. The molecule has 0 spiro atoms. The molecule has 4 heterocycles. The second-order valence-corrected chi connectivity index (χ2v) is 22.6. The van der Waals surface area contributed by atoms with Gasteiger partial charge in [0.25, 0.3) is 40.1 Å². The molecule has 0 aliphatic carbocycles. The SMILES string of the molecule is CN=C1Nc2ccc(Cl)cc2S(=O)(=O)N1C.CN=C1Nc2ccc(Cl)cc2S(=O)(=O)N1C.CN=C1Nc2ccc(Cl)cc2S(=O)(=O)N1C.CN=C1Nc2ccc(Cl)cc2S(=O)(=O)N1C. The van der Waals surface area contributed by atoms with Crippen molar-refractivity contribution in [2.45, 2.75) is 19.6 Å². The Morgan fingerprint density at radius 1 is 0.359 bits per heavy atom. The van der Waals surface area contributed by atoms with E-state index >= 15 is 0 Å². The van der Waals surface area contributed by atoms with E-state index in [4.69, 9.17) is 46.4 Å². The lowest BCUT2D eigenvalue weighted by molar-refractivity contribution is 0.548. The molecule has 4 aromatic carbocycles. The summed E-state index contributed by atoms with van der Waals surface area (Å²) in [6.45, 7) is 0. The van der Waals surface area contributed by atoms with Crippen LogP contribution in [0.2, 0.25) is 20.1 Å². The van der Waals surface area contributed by atoms with E-state index in [0.717, 1.165) is 17.2 Å². The van der Waals surface area contributed by atoms with Crippen LogP contribution >= 0.6 is 46.4 Å². The minimum Gasteiger partial charge on any atom is -0.324 e. The van der Waals surface area contributed by atoms with E-state index in [1.807, 2.05) is 0 Å². The number of hydrogen-bond acceptors (Lipinski definition) is 12. The van der Waals surface area contributed by atoms with Gasteiger partial charge < -0.3 is 21.3 Å². The lowest BCUT2D eigenvalue weighted by atomic mass is 10.3. The van der Waals surface area contributed by atoms with E-state index in [9.17, 15) is 33.7 Å². The van der Waals surface area contributed by atoms with E-state index in [0.29, 0.717) is 42.8 Å². The number of halogens is 4. The van der Waals surface area contributed by atoms with Gasteiger partial charge in [-0.15, -0.1) is 0 Å². The van der Waals surface area contributed by atoms with Gasteiger partial charge in [-0.25, -0.2) is 50.9 Å². The summed E-state index contributed by atoms with van der Waals surface area (Å²) in [5.74, 6) is 1.15. The van der Waals surface area contributed by atoms with Gasteiger partial charge in [-0.05, 0) is 72.8 Å². The average Bonchev–Trinajstić information content (AvgIpc) is 3.25. The maximum absolute atomic E-state index is 12.1. The van der Waals surface area contributed by atoms with Crippen molar-refractivity contribution >= 4 is 133 Å². The largest absolute Gasteiger partial charge is 0.324 e. The molecule has 0 radical (unpaired) electrons. The highest BCUT2D eigenvalue weighted by Crippen LogP contribution is 2.34. The summed E-state index contributed by atoms with van der Waals surface area (Å²) in [4.78, 5) is 16.1.